The molecule has 0 radical (unpaired) electrons. The number of anilines is 1. The maximum atomic E-state index is 12.2. The van der Waals surface area contributed by atoms with Crippen molar-refractivity contribution in [2.24, 2.45) is 0 Å². The predicted molar refractivity (Wildman–Crippen MR) is 119 cm³/mol. The van der Waals surface area contributed by atoms with Crippen molar-refractivity contribution in [3.05, 3.63) is 54.1 Å². The molecule has 0 saturated carbocycles. The molecule has 0 unspecified atom stereocenters. The minimum absolute atomic E-state index is 0.0999. The van der Waals surface area contributed by atoms with Crippen LogP contribution in [0.2, 0.25) is 0 Å². The second kappa shape index (κ2) is 11.7. The lowest BCUT2D eigenvalue weighted by Gasteiger charge is -2.18. The average molecular weight is 434 g/mol. The minimum atomic E-state index is -3.45. The number of amides is 1. The minimum Gasteiger partial charge on any atom is -0.492 e. The van der Waals surface area contributed by atoms with Gasteiger partial charge in [0.15, 0.2) is 0 Å². The third kappa shape index (κ3) is 7.44. The van der Waals surface area contributed by atoms with E-state index >= 15 is 0 Å². The lowest BCUT2D eigenvalue weighted by atomic mass is 10.1. The van der Waals surface area contributed by atoms with Gasteiger partial charge in [-0.05, 0) is 68.5 Å². The highest BCUT2D eigenvalue weighted by Gasteiger charge is 2.11. The molecule has 0 aliphatic carbocycles. The van der Waals surface area contributed by atoms with Gasteiger partial charge in [-0.3, -0.25) is 4.79 Å². The van der Waals surface area contributed by atoms with Gasteiger partial charge >= 0.3 is 0 Å². The number of nitrogens with zero attached hydrogens (tertiary/aromatic N) is 1. The maximum absolute atomic E-state index is 12.2. The van der Waals surface area contributed by atoms with Crippen molar-refractivity contribution >= 4 is 21.6 Å². The average Bonchev–Trinajstić information content (AvgIpc) is 2.77. The largest absolute Gasteiger partial charge is 0.492 e. The molecule has 0 aliphatic rings. The van der Waals surface area contributed by atoms with Crippen LogP contribution in [0.3, 0.4) is 0 Å². The molecule has 2 aromatic carbocycles. The summed E-state index contributed by atoms with van der Waals surface area (Å²) < 4.78 is 31.5. The van der Waals surface area contributed by atoms with Gasteiger partial charge in [0.1, 0.15) is 12.4 Å². The van der Waals surface area contributed by atoms with Crippen LogP contribution < -0.4 is 14.8 Å². The molecule has 7 nitrogen and oxygen atoms in total. The van der Waals surface area contributed by atoms with Crippen LogP contribution in [-0.4, -0.2) is 52.5 Å². The summed E-state index contributed by atoms with van der Waals surface area (Å²) in [4.78, 5) is 14.7. The molecule has 0 bridgehead atoms. The highest BCUT2D eigenvalue weighted by molar-refractivity contribution is 7.89. The Morgan fingerprint density at radius 2 is 1.63 bits per heavy atom. The Morgan fingerprint density at radius 3 is 2.20 bits per heavy atom. The normalized spacial score (nSPS) is 11.5. The molecule has 0 fully saturated rings. The van der Waals surface area contributed by atoms with E-state index in [1.807, 2.05) is 24.3 Å². The van der Waals surface area contributed by atoms with Gasteiger partial charge in [0, 0.05) is 18.7 Å². The van der Waals surface area contributed by atoms with Crippen LogP contribution in [0, 0.1) is 0 Å². The number of carbonyl (C=O) groups excluding carboxylic acids is 1. The Balaban J connectivity index is 1.78. The van der Waals surface area contributed by atoms with E-state index in [2.05, 4.69) is 28.8 Å². The number of carbonyl (C=O) groups is 1. The summed E-state index contributed by atoms with van der Waals surface area (Å²) in [6.45, 7) is 7.78. The van der Waals surface area contributed by atoms with Crippen LogP contribution >= 0.6 is 0 Å². The fraction of sp³-hybridized carbons (Fsp3) is 0.409. The monoisotopic (exact) mass is 433 g/mol. The summed E-state index contributed by atoms with van der Waals surface area (Å²) >= 11 is 0. The number of hydrogen-bond acceptors (Lipinski definition) is 5. The van der Waals surface area contributed by atoms with Crippen LogP contribution in [0.15, 0.2) is 53.4 Å². The Labute approximate surface area is 179 Å². The fourth-order valence-electron chi connectivity index (χ4n) is 2.90. The van der Waals surface area contributed by atoms with E-state index in [0.717, 1.165) is 30.9 Å². The molecule has 0 aromatic heterocycles. The summed E-state index contributed by atoms with van der Waals surface area (Å²) in [5, 5.41) is 2.87. The highest BCUT2D eigenvalue weighted by Crippen LogP contribution is 2.17. The third-order valence-corrected chi connectivity index (χ3v) is 6.28. The van der Waals surface area contributed by atoms with E-state index in [1.54, 1.807) is 12.1 Å². The van der Waals surface area contributed by atoms with Crippen molar-refractivity contribution in [2.75, 3.05) is 38.6 Å². The number of nitrogens with one attached hydrogen (secondary N) is 2. The van der Waals surface area contributed by atoms with Gasteiger partial charge in [0.05, 0.1) is 4.90 Å². The first kappa shape index (κ1) is 23.9. The number of likely N-dealkylation sites (N-methyl/N-ethyl adjacent to an activating group) is 1. The van der Waals surface area contributed by atoms with E-state index in [0.29, 0.717) is 25.1 Å². The van der Waals surface area contributed by atoms with Crippen molar-refractivity contribution in [1.82, 2.24) is 9.62 Å². The van der Waals surface area contributed by atoms with Crippen molar-refractivity contribution in [1.29, 1.82) is 0 Å². The molecule has 0 saturated heterocycles. The van der Waals surface area contributed by atoms with E-state index in [-0.39, 0.29) is 10.8 Å². The summed E-state index contributed by atoms with van der Waals surface area (Å²) in [6, 6.07) is 13.9. The summed E-state index contributed by atoms with van der Waals surface area (Å²) in [5.41, 5.74) is 1.61. The molecule has 164 valence electrons. The summed E-state index contributed by atoms with van der Waals surface area (Å²) in [7, 11) is -2.07. The van der Waals surface area contributed by atoms with E-state index in [1.165, 1.54) is 19.2 Å². The number of sulfonamides is 1. The first-order chi connectivity index (χ1) is 14.4. The van der Waals surface area contributed by atoms with Crippen LogP contribution in [0.5, 0.6) is 5.75 Å². The zero-order chi connectivity index (χ0) is 22.0. The summed E-state index contributed by atoms with van der Waals surface area (Å²) in [6.07, 6.45) is 0.832. The number of hydrogen-bond donors (Lipinski definition) is 2. The molecule has 0 spiro atoms. The van der Waals surface area contributed by atoms with Crippen LogP contribution in [0.1, 0.15) is 25.8 Å². The molecule has 1 amide bonds. The van der Waals surface area contributed by atoms with Gasteiger partial charge in [0.2, 0.25) is 15.9 Å². The molecule has 2 rings (SSSR count). The van der Waals surface area contributed by atoms with E-state index in [4.69, 9.17) is 4.74 Å². The number of aryl methyl sites for hydroxylation is 1. The van der Waals surface area contributed by atoms with Gasteiger partial charge < -0.3 is 15.0 Å². The Hall–Kier alpha value is -2.42. The van der Waals surface area contributed by atoms with Crippen LogP contribution in [0.25, 0.3) is 0 Å². The predicted octanol–water partition coefficient (Wildman–Crippen LogP) is 2.89. The smallest absolute Gasteiger partial charge is 0.240 e. The van der Waals surface area contributed by atoms with Crippen LogP contribution in [0.4, 0.5) is 5.69 Å². The SMILES string of the molecule is CCN(CC)CCOc1ccc(NC(=O)CCc2ccc(S(=O)(=O)NC)cc2)cc1. The molecule has 0 heterocycles. The van der Waals surface area contributed by atoms with Crippen molar-refractivity contribution in [3.8, 4) is 5.75 Å². The van der Waals surface area contributed by atoms with Gasteiger partial charge in [0.25, 0.3) is 0 Å². The Bertz CT molecular complexity index is 893. The number of benzene rings is 2. The van der Waals surface area contributed by atoms with Crippen molar-refractivity contribution in [3.63, 3.8) is 0 Å². The van der Waals surface area contributed by atoms with Gasteiger partial charge in [-0.1, -0.05) is 26.0 Å². The topological polar surface area (TPSA) is 87.7 Å². The molecule has 0 atom stereocenters. The second-order valence-electron chi connectivity index (χ2n) is 6.80. The first-order valence-electron chi connectivity index (χ1n) is 10.2. The molecular formula is C22H31N3O4S. The number of rotatable bonds is 12. The van der Waals surface area contributed by atoms with Crippen LogP contribution in [-0.2, 0) is 21.2 Å². The van der Waals surface area contributed by atoms with Gasteiger partial charge in [-0.15, -0.1) is 0 Å². The zero-order valence-electron chi connectivity index (χ0n) is 17.8. The molecule has 8 heteroatoms. The first-order valence-corrected chi connectivity index (χ1v) is 11.6. The Kier molecular flexibility index (Phi) is 9.29. The molecule has 2 N–H and O–H groups in total. The number of ether oxygens (including phenoxy) is 1. The zero-order valence-corrected chi connectivity index (χ0v) is 18.7. The fourth-order valence-corrected chi connectivity index (χ4v) is 3.63. The van der Waals surface area contributed by atoms with Gasteiger partial charge in [-0.2, -0.15) is 0 Å². The molecule has 0 aliphatic heterocycles. The van der Waals surface area contributed by atoms with E-state index < -0.39 is 10.0 Å². The summed E-state index contributed by atoms with van der Waals surface area (Å²) in [5.74, 6) is 0.675. The molecule has 2 aromatic rings. The third-order valence-electron chi connectivity index (χ3n) is 4.85. The maximum Gasteiger partial charge on any atom is 0.240 e. The standard InChI is InChI=1S/C22H31N3O4S/c1-4-25(5-2)16-17-29-20-11-9-19(10-12-20)24-22(26)15-8-18-6-13-21(14-7-18)30(27,28)23-3/h6-7,9-14,23H,4-5,8,15-17H2,1-3H3,(H,24,26). The lowest BCUT2D eigenvalue weighted by molar-refractivity contribution is -0.116. The highest BCUT2D eigenvalue weighted by atomic mass is 32.2. The molecule has 30 heavy (non-hydrogen) atoms. The quantitative estimate of drug-likeness (QED) is 0.537. The van der Waals surface area contributed by atoms with Crippen molar-refractivity contribution < 1.29 is 17.9 Å². The van der Waals surface area contributed by atoms with E-state index in [9.17, 15) is 13.2 Å². The second-order valence-corrected chi connectivity index (χ2v) is 8.69. The lowest BCUT2D eigenvalue weighted by Crippen LogP contribution is -2.27. The van der Waals surface area contributed by atoms with Gasteiger partial charge in [-0.25, -0.2) is 13.1 Å². The molecular weight excluding hydrogens is 402 g/mol. The van der Waals surface area contributed by atoms with Crippen molar-refractivity contribution in [2.45, 2.75) is 31.6 Å². The Morgan fingerprint density at radius 1 is 1.00 bits per heavy atom.